The van der Waals surface area contributed by atoms with Gasteiger partial charge in [-0.2, -0.15) is 0 Å². The van der Waals surface area contributed by atoms with E-state index in [1.54, 1.807) is 0 Å². The monoisotopic (exact) mass is 465 g/mol. The standard InChI is InChI=1S/C31H19N3S/c1-3-10-21(11-4-1)29-32-30(22-12-5-2-6-13-22)34-31(33-29)24-16-9-14-20-18-19-26-28(27(20)24)23-15-7-8-17-25(23)35-26/h1-19H. The van der Waals surface area contributed by atoms with Crippen molar-refractivity contribution in [2.24, 2.45) is 0 Å². The van der Waals surface area contributed by atoms with E-state index < -0.39 is 0 Å². The Morgan fingerprint density at radius 2 is 1.06 bits per heavy atom. The Bertz CT molecular complexity index is 1780. The number of benzene rings is 5. The Hall–Kier alpha value is -4.41. The third kappa shape index (κ3) is 3.38. The number of fused-ring (bicyclic) bond motifs is 5. The van der Waals surface area contributed by atoms with Crippen LogP contribution in [0.15, 0.2) is 115 Å². The van der Waals surface area contributed by atoms with Gasteiger partial charge in [0.15, 0.2) is 17.5 Å². The van der Waals surface area contributed by atoms with Crippen LogP contribution in [0.25, 0.3) is 65.1 Å². The molecule has 4 heteroatoms. The Morgan fingerprint density at radius 1 is 0.429 bits per heavy atom. The number of aromatic nitrogens is 3. The van der Waals surface area contributed by atoms with Crippen molar-refractivity contribution in [1.82, 2.24) is 15.0 Å². The van der Waals surface area contributed by atoms with E-state index in [0.29, 0.717) is 17.5 Å². The van der Waals surface area contributed by atoms with Crippen LogP contribution in [0.3, 0.4) is 0 Å². The molecular weight excluding hydrogens is 446 g/mol. The summed E-state index contributed by atoms with van der Waals surface area (Å²) in [5.74, 6) is 2.04. The largest absolute Gasteiger partial charge is 0.208 e. The molecule has 0 fully saturated rings. The van der Waals surface area contributed by atoms with Crippen LogP contribution in [0.1, 0.15) is 0 Å². The summed E-state index contributed by atoms with van der Waals surface area (Å²) in [5, 5.41) is 4.90. The van der Waals surface area contributed by atoms with E-state index in [9.17, 15) is 0 Å². The molecule has 2 heterocycles. The fourth-order valence-electron chi connectivity index (χ4n) is 4.71. The molecule has 0 bridgehead atoms. The summed E-state index contributed by atoms with van der Waals surface area (Å²) >= 11 is 1.83. The second kappa shape index (κ2) is 8.12. The second-order valence-electron chi connectivity index (χ2n) is 8.48. The SMILES string of the molecule is c1ccc(-c2nc(-c3ccccc3)nc(-c3cccc4ccc5sc6ccccc6c5c34)n2)cc1. The number of hydrogen-bond donors (Lipinski definition) is 0. The smallest absolute Gasteiger partial charge is 0.164 e. The lowest BCUT2D eigenvalue weighted by atomic mass is 9.98. The van der Waals surface area contributed by atoms with Crippen LogP contribution in [-0.4, -0.2) is 15.0 Å². The molecule has 0 saturated carbocycles. The van der Waals surface area contributed by atoms with Crippen LogP contribution in [0.5, 0.6) is 0 Å². The van der Waals surface area contributed by atoms with Gasteiger partial charge in [-0.05, 0) is 17.5 Å². The van der Waals surface area contributed by atoms with Gasteiger partial charge >= 0.3 is 0 Å². The Balaban J connectivity index is 1.57. The van der Waals surface area contributed by atoms with Gasteiger partial charge in [-0.3, -0.25) is 0 Å². The summed E-state index contributed by atoms with van der Waals surface area (Å²) in [7, 11) is 0. The van der Waals surface area contributed by atoms with Gasteiger partial charge in [0.25, 0.3) is 0 Å². The van der Waals surface area contributed by atoms with Crippen molar-refractivity contribution >= 4 is 42.3 Å². The molecule has 35 heavy (non-hydrogen) atoms. The van der Waals surface area contributed by atoms with Gasteiger partial charge in [-0.25, -0.2) is 15.0 Å². The van der Waals surface area contributed by atoms with Gasteiger partial charge in [-0.15, -0.1) is 11.3 Å². The molecule has 0 atom stereocenters. The fraction of sp³-hybridized carbons (Fsp3) is 0. The molecule has 0 aliphatic rings. The van der Waals surface area contributed by atoms with Crippen LogP contribution in [-0.2, 0) is 0 Å². The van der Waals surface area contributed by atoms with Gasteiger partial charge in [0, 0.05) is 42.2 Å². The Morgan fingerprint density at radius 3 is 1.77 bits per heavy atom. The third-order valence-electron chi connectivity index (χ3n) is 6.32. The normalized spacial score (nSPS) is 11.4. The second-order valence-corrected chi connectivity index (χ2v) is 9.56. The van der Waals surface area contributed by atoms with Gasteiger partial charge in [-0.1, -0.05) is 103 Å². The third-order valence-corrected chi connectivity index (χ3v) is 7.46. The number of rotatable bonds is 3. The van der Waals surface area contributed by atoms with Crippen LogP contribution in [0, 0.1) is 0 Å². The van der Waals surface area contributed by atoms with Crippen molar-refractivity contribution < 1.29 is 0 Å². The molecule has 0 aliphatic carbocycles. The molecule has 0 unspecified atom stereocenters. The van der Waals surface area contributed by atoms with E-state index >= 15 is 0 Å². The first-order valence-corrected chi connectivity index (χ1v) is 12.4. The van der Waals surface area contributed by atoms with E-state index in [-0.39, 0.29) is 0 Å². The highest BCUT2D eigenvalue weighted by atomic mass is 32.1. The zero-order chi connectivity index (χ0) is 23.2. The average molecular weight is 466 g/mol. The van der Waals surface area contributed by atoms with Crippen molar-refractivity contribution in [3.63, 3.8) is 0 Å². The van der Waals surface area contributed by atoms with Crippen LogP contribution in [0.4, 0.5) is 0 Å². The van der Waals surface area contributed by atoms with Gasteiger partial charge in [0.1, 0.15) is 0 Å². The zero-order valence-corrected chi connectivity index (χ0v) is 19.5. The molecule has 5 aromatic carbocycles. The number of thiophene rings is 1. The lowest BCUT2D eigenvalue weighted by molar-refractivity contribution is 1.08. The van der Waals surface area contributed by atoms with Crippen molar-refractivity contribution in [3.8, 4) is 34.2 Å². The minimum absolute atomic E-state index is 0.675. The maximum absolute atomic E-state index is 5.00. The number of hydrogen-bond acceptors (Lipinski definition) is 4. The first kappa shape index (κ1) is 20.0. The summed E-state index contributed by atoms with van der Waals surface area (Å²) in [4.78, 5) is 14.9. The molecule has 7 aromatic rings. The van der Waals surface area contributed by atoms with Gasteiger partial charge < -0.3 is 0 Å². The lowest BCUT2D eigenvalue weighted by Gasteiger charge is -2.11. The van der Waals surface area contributed by atoms with E-state index in [2.05, 4.69) is 54.6 Å². The molecule has 7 rings (SSSR count). The molecule has 0 saturated heterocycles. The molecule has 0 amide bonds. The highest BCUT2D eigenvalue weighted by molar-refractivity contribution is 7.26. The molecule has 0 aliphatic heterocycles. The highest BCUT2D eigenvalue weighted by Crippen LogP contribution is 2.41. The summed E-state index contributed by atoms with van der Waals surface area (Å²) in [5.41, 5.74) is 2.97. The van der Waals surface area contributed by atoms with Crippen LogP contribution < -0.4 is 0 Å². The predicted octanol–water partition coefficient (Wildman–Crippen LogP) is 8.39. The van der Waals surface area contributed by atoms with Gasteiger partial charge in [0.2, 0.25) is 0 Å². The van der Waals surface area contributed by atoms with Crippen molar-refractivity contribution in [2.75, 3.05) is 0 Å². The molecule has 0 N–H and O–H groups in total. The molecular formula is C31H19N3S. The zero-order valence-electron chi connectivity index (χ0n) is 18.7. The first-order valence-electron chi connectivity index (χ1n) is 11.6. The topological polar surface area (TPSA) is 38.7 Å². The molecule has 0 radical (unpaired) electrons. The minimum Gasteiger partial charge on any atom is -0.208 e. The Labute approximate surface area is 206 Å². The van der Waals surface area contributed by atoms with E-state index in [1.807, 2.05) is 72.0 Å². The fourth-order valence-corrected chi connectivity index (χ4v) is 5.82. The van der Waals surface area contributed by atoms with E-state index in [4.69, 9.17) is 15.0 Å². The summed E-state index contributed by atoms with van der Waals surface area (Å²) in [6.07, 6.45) is 0. The van der Waals surface area contributed by atoms with Crippen molar-refractivity contribution in [3.05, 3.63) is 115 Å². The summed E-state index contributed by atoms with van der Waals surface area (Å²) in [6, 6.07) is 39.7. The van der Waals surface area contributed by atoms with Crippen molar-refractivity contribution in [1.29, 1.82) is 0 Å². The van der Waals surface area contributed by atoms with Crippen LogP contribution >= 0.6 is 11.3 Å². The maximum atomic E-state index is 5.00. The van der Waals surface area contributed by atoms with E-state index in [1.165, 1.54) is 30.9 Å². The molecule has 164 valence electrons. The average Bonchev–Trinajstić information content (AvgIpc) is 3.32. The molecule has 3 nitrogen and oxygen atoms in total. The Kier molecular flexibility index (Phi) is 4.64. The van der Waals surface area contributed by atoms with E-state index in [0.717, 1.165) is 16.7 Å². The van der Waals surface area contributed by atoms with Crippen LogP contribution in [0.2, 0.25) is 0 Å². The van der Waals surface area contributed by atoms with Crippen molar-refractivity contribution in [2.45, 2.75) is 0 Å². The summed E-state index contributed by atoms with van der Waals surface area (Å²) in [6.45, 7) is 0. The van der Waals surface area contributed by atoms with Gasteiger partial charge in [0.05, 0.1) is 0 Å². The first-order chi connectivity index (χ1) is 17.3. The highest BCUT2D eigenvalue weighted by Gasteiger charge is 2.17. The molecule has 2 aromatic heterocycles. The maximum Gasteiger partial charge on any atom is 0.164 e. The molecule has 0 spiro atoms. The predicted molar refractivity (Wildman–Crippen MR) is 147 cm³/mol. The minimum atomic E-state index is 0.675. The summed E-state index contributed by atoms with van der Waals surface area (Å²) < 4.78 is 2.56. The quantitative estimate of drug-likeness (QED) is 0.263. The lowest BCUT2D eigenvalue weighted by Crippen LogP contribution is -2.00. The number of nitrogens with zero attached hydrogens (tertiary/aromatic N) is 3.